The molecule has 1 saturated heterocycles. The number of rotatable bonds is 3. The first-order chi connectivity index (χ1) is 9.55. The summed E-state index contributed by atoms with van der Waals surface area (Å²) in [7, 11) is 0. The van der Waals surface area contributed by atoms with E-state index >= 15 is 0 Å². The van der Waals surface area contributed by atoms with E-state index in [-0.39, 0.29) is 5.41 Å². The standard InChI is InChI=1S/C18H28N2/c1-17(2,12-19)15-6-8-16(9-7-15)20-13-18(14-20)10-4-3-5-11-18/h6-9H,3-5,10-14,19H2,1-2H3. The molecule has 1 spiro atoms. The fourth-order valence-corrected chi connectivity index (χ4v) is 3.81. The van der Waals surface area contributed by atoms with Gasteiger partial charge in [-0.25, -0.2) is 0 Å². The van der Waals surface area contributed by atoms with Crippen LogP contribution in [0, 0.1) is 5.41 Å². The maximum Gasteiger partial charge on any atom is 0.0366 e. The van der Waals surface area contributed by atoms with E-state index < -0.39 is 0 Å². The summed E-state index contributed by atoms with van der Waals surface area (Å²) >= 11 is 0. The van der Waals surface area contributed by atoms with Crippen molar-refractivity contribution in [3.63, 3.8) is 0 Å². The second kappa shape index (κ2) is 5.07. The summed E-state index contributed by atoms with van der Waals surface area (Å²) in [5.41, 5.74) is 9.33. The van der Waals surface area contributed by atoms with Crippen LogP contribution in [-0.4, -0.2) is 19.6 Å². The third kappa shape index (κ3) is 2.46. The van der Waals surface area contributed by atoms with Crippen molar-refractivity contribution >= 4 is 5.69 Å². The van der Waals surface area contributed by atoms with Gasteiger partial charge in [-0.1, -0.05) is 45.2 Å². The topological polar surface area (TPSA) is 29.3 Å². The van der Waals surface area contributed by atoms with E-state index in [0.29, 0.717) is 12.0 Å². The summed E-state index contributed by atoms with van der Waals surface area (Å²) in [6, 6.07) is 9.08. The molecule has 1 aromatic carbocycles. The second-order valence-electron chi connectivity index (χ2n) is 7.55. The Morgan fingerprint density at radius 2 is 1.65 bits per heavy atom. The lowest BCUT2D eigenvalue weighted by atomic mass is 9.68. The molecule has 2 aliphatic rings. The van der Waals surface area contributed by atoms with Crippen molar-refractivity contribution in [2.75, 3.05) is 24.5 Å². The van der Waals surface area contributed by atoms with Crippen LogP contribution in [0.15, 0.2) is 24.3 Å². The lowest BCUT2D eigenvalue weighted by molar-refractivity contribution is 0.139. The van der Waals surface area contributed by atoms with E-state index in [2.05, 4.69) is 43.0 Å². The quantitative estimate of drug-likeness (QED) is 0.909. The molecule has 0 aromatic heterocycles. The largest absolute Gasteiger partial charge is 0.370 e. The molecule has 0 bridgehead atoms. The summed E-state index contributed by atoms with van der Waals surface area (Å²) in [6.07, 6.45) is 7.23. The summed E-state index contributed by atoms with van der Waals surface area (Å²) in [4.78, 5) is 2.55. The molecule has 1 heterocycles. The second-order valence-corrected chi connectivity index (χ2v) is 7.55. The van der Waals surface area contributed by atoms with E-state index in [1.54, 1.807) is 0 Å². The van der Waals surface area contributed by atoms with Gasteiger partial charge in [-0.2, -0.15) is 0 Å². The molecule has 20 heavy (non-hydrogen) atoms. The molecule has 2 fully saturated rings. The number of benzene rings is 1. The van der Waals surface area contributed by atoms with Crippen LogP contribution < -0.4 is 10.6 Å². The minimum absolute atomic E-state index is 0.0814. The van der Waals surface area contributed by atoms with Gasteiger partial charge < -0.3 is 10.6 Å². The zero-order valence-corrected chi connectivity index (χ0v) is 13.0. The average Bonchev–Trinajstić information content (AvgIpc) is 2.46. The first-order valence-corrected chi connectivity index (χ1v) is 8.10. The molecular formula is C18H28N2. The Morgan fingerprint density at radius 3 is 2.20 bits per heavy atom. The van der Waals surface area contributed by atoms with Gasteiger partial charge in [0, 0.05) is 36.2 Å². The Bertz CT molecular complexity index is 447. The third-order valence-corrected chi connectivity index (χ3v) is 5.49. The van der Waals surface area contributed by atoms with E-state index in [1.165, 1.54) is 56.4 Å². The molecule has 0 unspecified atom stereocenters. The molecule has 0 atom stereocenters. The first kappa shape index (κ1) is 13.9. The van der Waals surface area contributed by atoms with Crippen molar-refractivity contribution in [1.29, 1.82) is 0 Å². The lowest BCUT2D eigenvalue weighted by Gasteiger charge is -2.53. The number of nitrogens with two attached hydrogens (primary N) is 1. The third-order valence-electron chi connectivity index (χ3n) is 5.49. The highest BCUT2D eigenvalue weighted by molar-refractivity contribution is 5.51. The molecule has 1 saturated carbocycles. The van der Waals surface area contributed by atoms with Crippen molar-refractivity contribution in [1.82, 2.24) is 0 Å². The summed E-state index contributed by atoms with van der Waals surface area (Å²) < 4.78 is 0. The fraction of sp³-hybridized carbons (Fsp3) is 0.667. The zero-order valence-electron chi connectivity index (χ0n) is 13.0. The highest BCUT2D eigenvalue weighted by Crippen LogP contribution is 2.45. The Balaban J connectivity index is 1.65. The maximum absolute atomic E-state index is 5.86. The van der Waals surface area contributed by atoms with Gasteiger partial charge in [0.15, 0.2) is 0 Å². The Kier molecular flexibility index (Phi) is 3.53. The first-order valence-electron chi connectivity index (χ1n) is 8.10. The highest BCUT2D eigenvalue weighted by Gasteiger charge is 2.43. The van der Waals surface area contributed by atoms with Crippen LogP contribution in [0.4, 0.5) is 5.69 Å². The minimum atomic E-state index is 0.0814. The van der Waals surface area contributed by atoms with Crippen molar-refractivity contribution < 1.29 is 0 Å². The molecule has 2 N–H and O–H groups in total. The average molecular weight is 272 g/mol. The van der Waals surface area contributed by atoms with Gasteiger partial charge in [0.1, 0.15) is 0 Å². The zero-order chi connectivity index (χ0) is 14.2. The fourth-order valence-electron chi connectivity index (χ4n) is 3.81. The molecule has 1 aromatic rings. The predicted octanol–water partition coefficient (Wildman–Crippen LogP) is 3.69. The predicted molar refractivity (Wildman–Crippen MR) is 86.3 cm³/mol. The van der Waals surface area contributed by atoms with Crippen molar-refractivity contribution in [2.45, 2.75) is 51.4 Å². The summed E-state index contributed by atoms with van der Waals surface area (Å²) in [6.45, 7) is 7.66. The van der Waals surface area contributed by atoms with Crippen molar-refractivity contribution in [2.24, 2.45) is 11.1 Å². The van der Waals surface area contributed by atoms with E-state index in [9.17, 15) is 0 Å². The molecule has 0 amide bonds. The van der Waals surface area contributed by atoms with Gasteiger partial charge in [-0.15, -0.1) is 0 Å². The monoisotopic (exact) mass is 272 g/mol. The van der Waals surface area contributed by atoms with Crippen LogP contribution in [0.1, 0.15) is 51.5 Å². The minimum Gasteiger partial charge on any atom is -0.370 e. The smallest absolute Gasteiger partial charge is 0.0366 e. The van der Waals surface area contributed by atoms with Gasteiger partial charge in [0.05, 0.1) is 0 Å². The molecule has 110 valence electrons. The SMILES string of the molecule is CC(C)(CN)c1ccc(N2CC3(CCCCC3)C2)cc1. The maximum atomic E-state index is 5.86. The van der Waals surface area contributed by atoms with Crippen molar-refractivity contribution in [3.05, 3.63) is 29.8 Å². The Hall–Kier alpha value is -1.02. The molecule has 1 aliphatic carbocycles. The molecule has 2 nitrogen and oxygen atoms in total. The van der Waals surface area contributed by atoms with E-state index in [4.69, 9.17) is 5.73 Å². The highest BCUT2D eigenvalue weighted by atomic mass is 15.2. The molecular weight excluding hydrogens is 244 g/mol. The van der Waals surface area contributed by atoms with E-state index in [0.717, 1.165) is 0 Å². The normalized spacial score (nSPS) is 21.9. The number of hydrogen-bond donors (Lipinski definition) is 1. The summed E-state index contributed by atoms with van der Waals surface area (Å²) in [5.74, 6) is 0. The number of hydrogen-bond acceptors (Lipinski definition) is 2. The van der Waals surface area contributed by atoms with Gasteiger partial charge in [-0.05, 0) is 30.5 Å². The molecule has 0 radical (unpaired) electrons. The van der Waals surface area contributed by atoms with Gasteiger partial charge >= 0.3 is 0 Å². The van der Waals surface area contributed by atoms with E-state index in [1.807, 2.05) is 0 Å². The van der Waals surface area contributed by atoms with Crippen molar-refractivity contribution in [3.8, 4) is 0 Å². The Morgan fingerprint density at radius 1 is 1.05 bits per heavy atom. The number of nitrogens with zero attached hydrogens (tertiary/aromatic N) is 1. The molecule has 1 aliphatic heterocycles. The molecule has 3 rings (SSSR count). The van der Waals surface area contributed by atoms with Crippen LogP contribution >= 0.6 is 0 Å². The Labute approximate surface area is 123 Å². The van der Waals surface area contributed by atoms with Crippen LogP contribution in [0.5, 0.6) is 0 Å². The number of anilines is 1. The summed E-state index contributed by atoms with van der Waals surface area (Å²) in [5, 5.41) is 0. The lowest BCUT2D eigenvalue weighted by Crippen LogP contribution is -2.57. The van der Waals surface area contributed by atoms with Crippen LogP contribution in [0.25, 0.3) is 0 Å². The van der Waals surface area contributed by atoms with Crippen LogP contribution in [0.2, 0.25) is 0 Å². The van der Waals surface area contributed by atoms with Crippen LogP contribution in [0.3, 0.4) is 0 Å². The van der Waals surface area contributed by atoms with Gasteiger partial charge in [0.2, 0.25) is 0 Å². The van der Waals surface area contributed by atoms with Gasteiger partial charge in [-0.3, -0.25) is 0 Å². The van der Waals surface area contributed by atoms with Gasteiger partial charge in [0.25, 0.3) is 0 Å². The molecule has 2 heteroatoms. The van der Waals surface area contributed by atoms with Crippen LogP contribution in [-0.2, 0) is 5.41 Å².